The van der Waals surface area contributed by atoms with Gasteiger partial charge >= 0.3 is 0 Å². The number of fused-ring (bicyclic) bond motifs is 3. The first-order valence-corrected chi connectivity index (χ1v) is 10.1. The molecule has 0 radical (unpaired) electrons. The van der Waals surface area contributed by atoms with Gasteiger partial charge in [-0.25, -0.2) is 4.98 Å². The van der Waals surface area contributed by atoms with Gasteiger partial charge < -0.3 is 13.8 Å². The number of hydrogen-bond donors (Lipinski definition) is 0. The SMILES string of the molecule is CCC(C)n1c(=O)c2c(-c3noc(C4CCCO4)n3)ncn2c2cccc(Cl)c21. The third-order valence-corrected chi connectivity index (χ3v) is 5.85. The molecule has 0 spiro atoms. The highest BCUT2D eigenvalue weighted by Crippen LogP contribution is 2.31. The smallest absolute Gasteiger partial charge is 0.278 e. The number of para-hydroxylation sites is 1. The van der Waals surface area contributed by atoms with Crippen LogP contribution in [0.5, 0.6) is 0 Å². The number of nitrogens with zero attached hydrogens (tertiary/aromatic N) is 5. The summed E-state index contributed by atoms with van der Waals surface area (Å²) in [5.74, 6) is 0.705. The van der Waals surface area contributed by atoms with Crippen LogP contribution in [-0.4, -0.2) is 30.7 Å². The van der Waals surface area contributed by atoms with E-state index in [2.05, 4.69) is 15.1 Å². The lowest BCUT2D eigenvalue weighted by atomic mass is 10.2. The molecule has 0 N–H and O–H groups in total. The predicted molar refractivity (Wildman–Crippen MR) is 108 cm³/mol. The zero-order valence-electron chi connectivity index (χ0n) is 16.1. The quantitative estimate of drug-likeness (QED) is 0.498. The molecular formula is C20H20ClN5O3. The van der Waals surface area contributed by atoms with E-state index in [9.17, 15) is 4.79 Å². The summed E-state index contributed by atoms with van der Waals surface area (Å²) in [5.41, 5.74) is 2.10. The fraction of sp³-hybridized carbons (Fsp3) is 0.400. The van der Waals surface area contributed by atoms with Crippen molar-refractivity contribution in [2.75, 3.05) is 6.61 Å². The molecule has 1 saturated heterocycles. The lowest BCUT2D eigenvalue weighted by molar-refractivity contribution is 0.0835. The average molecular weight is 414 g/mol. The molecule has 0 amide bonds. The summed E-state index contributed by atoms with van der Waals surface area (Å²) in [6.45, 7) is 4.72. The Bertz CT molecular complexity index is 1270. The van der Waals surface area contributed by atoms with Gasteiger partial charge in [-0.2, -0.15) is 4.98 Å². The maximum absolute atomic E-state index is 13.5. The minimum atomic E-state index is -0.193. The van der Waals surface area contributed by atoms with E-state index in [0.717, 1.165) is 24.8 Å². The van der Waals surface area contributed by atoms with E-state index in [0.29, 0.717) is 34.2 Å². The van der Waals surface area contributed by atoms with Crippen molar-refractivity contribution in [3.8, 4) is 11.5 Å². The van der Waals surface area contributed by atoms with Crippen LogP contribution in [-0.2, 0) is 4.74 Å². The molecule has 0 saturated carbocycles. The van der Waals surface area contributed by atoms with Crippen molar-refractivity contribution in [1.29, 1.82) is 0 Å². The number of benzene rings is 1. The van der Waals surface area contributed by atoms with E-state index in [1.165, 1.54) is 0 Å². The second-order valence-electron chi connectivity index (χ2n) is 7.31. The van der Waals surface area contributed by atoms with Crippen LogP contribution in [0.4, 0.5) is 0 Å². The maximum atomic E-state index is 13.5. The Morgan fingerprint density at radius 1 is 1.34 bits per heavy atom. The summed E-state index contributed by atoms with van der Waals surface area (Å²) in [4.78, 5) is 22.5. The van der Waals surface area contributed by atoms with Gasteiger partial charge in [0.1, 0.15) is 23.6 Å². The Kier molecular flexibility index (Phi) is 4.40. The Morgan fingerprint density at radius 2 is 2.21 bits per heavy atom. The van der Waals surface area contributed by atoms with Crippen LogP contribution in [0.15, 0.2) is 33.8 Å². The van der Waals surface area contributed by atoms with E-state index >= 15 is 0 Å². The second-order valence-corrected chi connectivity index (χ2v) is 7.72. The number of ether oxygens (including phenoxy) is 1. The summed E-state index contributed by atoms with van der Waals surface area (Å²) in [6, 6.07) is 5.54. The van der Waals surface area contributed by atoms with Crippen molar-refractivity contribution in [3.63, 3.8) is 0 Å². The highest BCUT2D eigenvalue weighted by Gasteiger charge is 2.27. The molecule has 0 bridgehead atoms. The van der Waals surface area contributed by atoms with Crippen LogP contribution in [0.2, 0.25) is 5.02 Å². The standard InChI is InChI=1S/C20H20ClN5O3/c1-3-11(2)26-16-12(21)6-4-7-13(16)25-10-22-15(17(25)20(26)27)18-23-19(29-24-18)14-8-5-9-28-14/h4,6-7,10-11,14H,3,5,8-9H2,1-2H3. The van der Waals surface area contributed by atoms with Crippen molar-refractivity contribution in [1.82, 2.24) is 24.1 Å². The van der Waals surface area contributed by atoms with Crippen LogP contribution in [0.1, 0.15) is 51.1 Å². The number of imidazole rings is 1. The van der Waals surface area contributed by atoms with Gasteiger partial charge in [-0.05, 0) is 38.3 Å². The average Bonchev–Trinajstić information content (AvgIpc) is 3.47. The van der Waals surface area contributed by atoms with Crippen LogP contribution in [0.25, 0.3) is 28.1 Å². The van der Waals surface area contributed by atoms with Crippen molar-refractivity contribution in [2.45, 2.75) is 45.3 Å². The largest absolute Gasteiger partial charge is 0.368 e. The monoisotopic (exact) mass is 413 g/mol. The molecule has 9 heteroatoms. The number of hydrogen-bond acceptors (Lipinski definition) is 6. The Balaban J connectivity index is 1.78. The minimum Gasteiger partial charge on any atom is -0.368 e. The third-order valence-electron chi connectivity index (χ3n) is 5.55. The van der Waals surface area contributed by atoms with Gasteiger partial charge in [-0.15, -0.1) is 0 Å². The highest BCUT2D eigenvalue weighted by molar-refractivity contribution is 6.35. The summed E-state index contributed by atoms with van der Waals surface area (Å²) < 4.78 is 14.5. The Labute approximate surface area is 171 Å². The number of halogens is 1. The molecule has 0 aliphatic carbocycles. The first-order chi connectivity index (χ1) is 14.1. The normalized spacial score (nSPS) is 18.1. The van der Waals surface area contributed by atoms with Crippen molar-refractivity contribution < 1.29 is 9.26 Å². The fourth-order valence-electron chi connectivity index (χ4n) is 3.89. The van der Waals surface area contributed by atoms with Crippen molar-refractivity contribution in [3.05, 3.63) is 45.8 Å². The Hall–Kier alpha value is -2.71. The first kappa shape index (κ1) is 18.3. The molecule has 1 aliphatic rings. The van der Waals surface area contributed by atoms with Gasteiger partial charge in [0, 0.05) is 12.6 Å². The van der Waals surface area contributed by atoms with E-state index in [1.807, 2.05) is 26.0 Å². The molecule has 1 fully saturated rings. The Morgan fingerprint density at radius 3 is 2.97 bits per heavy atom. The zero-order chi connectivity index (χ0) is 20.1. The molecule has 3 aromatic heterocycles. The molecule has 1 aliphatic heterocycles. The minimum absolute atomic E-state index is 0.0367. The van der Waals surface area contributed by atoms with Crippen LogP contribution >= 0.6 is 11.6 Å². The highest BCUT2D eigenvalue weighted by atomic mass is 35.5. The van der Waals surface area contributed by atoms with E-state index in [-0.39, 0.29) is 23.5 Å². The zero-order valence-corrected chi connectivity index (χ0v) is 16.9. The lowest BCUT2D eigenvalue weighted by Gasteiger charge is -2.18. The van der Waals surface area contributed by atoms with Crippen LogP contribution in [0, 0.1) is 0 Å². The summed E-state index contributed by atoms with van der Waals surface area (Å²) in [7, 11) is 0. The molecular weight excluding hydrogens is 394 g/mol. The van der Waals surface area contributed by atoms with Crippen LogP contribution < -0.4 is 5.56 Å². The first-order valence-electron chi connectivity index (χ1n) is 9.75. The number of aromatic nitrogens is 5. The van der Waals surface area contributed by atoms with E-state index in [1.54, 1.807) is 21.4 Å². The van der Waals surface area contributed by atoms with Gasteiger partial charge in [0.25, 0.3) is 11.4 Å². The molecule has 2 unspecified atom stereocenters. The lowest BCUT2D eigenvalue weighted by Crippen LogP contribution is -2.26. The van der Waals surface area contributed by atoms with Crippen LogP contribution in [0.3, 0.4) is 0 Å². The van der Waals surface area contributed by atoms with Crippen molar-refractivity contribution in [2.24, 2.45) is 0 Å². The van der Waals surface area contributed by atoms with E-state index < -0.39 is 0 Å². The fourth-order valence-corrected chi connectivity index (χ4v) is 4.15. The van der Waals surface area contributed by atoms with Gasteiger partial charge in [0.15, 0.2) is 0 Å². The van der Waals surface area contributed by atoms with E-state index in [4.69, 9.17) is 20.9 Å². The maximum Gasteiger partial charge on any atom is 0.278 e. The molecule has 2 atom stereocenters. The van der Waals surface area contributed by atoms with Gasteiger partial charge in [-0.3, -0.25) is 9.20 Å². The third kappa shape index (κ3) is 2.78. The van der Waals surface area contributed by atoms with Gasteiger partial charge in [-0.1, -0.05) is 29.7 Å². The van der Waals surface area contributed by atoms with Crippen molar-refractivity contribution >= 4 is 28.2 Å². The second kappa shape index (κ2) is 6.96. The summed E-state index contributed by atoms with van der Waals surface area (Å²) >= 11 is 6.49. The molecule has 5 rings (SSSR count). The molecule has 1 aromatic carbocycles. The molecule has 150 valence electrons. The topological polar surface area (TPSA) is 87.5 Å². The molecule has 29 heavy (non-hydrogen) atoms. The summed E-state index contributed by atoms with van der Waals surface area (Å²) in [5, 5.41) is 4.60. The molecule has 4 heterocycles. The number of rotatable bonds is 4. The molecule has 8 nitrogen and oxygen atoms in total. The van der Waals surface area contributed by atoms with Gasteiger partial charge in [0.05, 0.1) is 16.1 Å². The predicted octanol–water partition coefficient (Wildman–Crippen LogP) is 4.18. The summed E-state index contributed by atoms with van der Waals surface area (Å²) in [6.07, 6.45) is 4.00. The van der Waals surface area contributed by atoms with Gasteiger partial charge in [0.2, 0.25) is 5.82 Å². The molecule has 4 aromatic rings.